The molecule has 0 aliphatic heterocycles. The lowest BCUT2D eigenvalue weighted by Crippen LogP contribution is -1.81. The number of carbonyl (C=O) groups excluding carboxylic acids is 1. The maximum atomic E-state index is 11.0. The quantitative estimate of drug-likeness (QED) is 0.689. The third kappa shape index (κ3) is 1.63. The van der Waals surface area contributed by atoms with Crippen molar-refractivity contribution in [3.8, 4) is 0 Å². The number of fused-ring (bicyclic) bond motifs is 1. The monoisotopic (exact) mass is 264 g/mol. The van der Waals surface area contributed by atoms with Gasteiger partial charge in [-0.1, -0.05) is 23.2 Å². The zero-order valence-electron chi connectivity index (χ0n) is 6.68. The van der Waals surface area contributed by atoms with Gasteiger partial charge in [-0.05, 0) is 29.8 Å². The Hall–Kier alpha value is -0.280. The second-order valence-corrected chi connectivity index (χ2v) is 4.87. The first-order chi connectivity index (χ1) is 6.59. The fourth-order valence-corrected chi connectivity index (χ4v) is 2.92. The van der Waals surface area contributed by atoms with Crippen molar-refractivity contribution in [2.75, 3.05) is 0 Å². The van der Waals surface area contributed by atoms with E-state index in [1.165, 1.54) is 11.3 Å². The number of rotatable bonds is 1. The normalized spacial score (nSPS) is 10.8. The van der Waals surface area contributed by atoms with E-state index in [0.717, 1.165) is 10.1 Å². The molecule has 0 unspecified atom stereocenters. The number of halogens is 3. The Morgan fingerprint density at radius 1 is 1.29 bits per heavy atom. The maximum Gasteiger partial charge on any atom is 0.263 e. The maximum absolute atomic E-state index is 11.0. The van der Waals surface area contributed by atoms with Gasteiger partial charge in [-0.15, -0.1) is 11.3 Å². The van der Waals surface area contributed by atoms with E-state index in [2.05, 4.69) is 0 Å². The second-order valence-electron chi connectivity index (χ2n) is 2.66. The van der Waals surface area contributed by atoms with Gasteiger partial charge in [0, 0.05) is 15.1 Å². The Morgan fingerprint density at radius 3 is 2.64 bits per heavy atom. The van der Waals surface area contributed by atoms with Gasteiger partial charge >= 0.3 is 0 Å². The molecule has 0 atom stereocenters. The Bertz CT molecular complexity index is 518. The molecule has 0 radical (unpaired) electrons. The Balaban J connectivity index is 2.80. The van der Waals surface area contributed by atoms with Crippen molar-refractivity contribution in [2.45, 2.75) is 0 Å². The van der Waals surface area contributed by atoms with Crippen LogP contribution in [0.3, 0.4) is 0 Å². The van der Waals surface area contributed by atoms with Crippen LogP contribution in [0.25, 0.3) is 10.1 Å². The van der Waals surface area contributed by atoms with E-state index < -0.39 is 5.24 Å². The average Bonchev–Trinajstić information content (AvgIpc) is 2.44. The van der Waals surface area contributed by atoms with Gasteiger partial charge in [0.15, 0.2) is 0 Å². The van der Waals surface area contributed by atoms with E-state index in [1.54, 1.807) is 12.1 Å². The summed E-state index contributed by atoms with van der Waals surface area (Å²) in [7, 11) is 0. The molecular formula is C9H3Cl3OS. The van der Waals surface area contributed by atoms with Crippen LogP contribution >= 0.6 is 46.1 Å². The fourth-order valence-electron chi connectivity index (χ4n) is 1.17. The molecule has 2 rings (SSSR count). The molecule has 0 fully saturated rings. The molecule has 2 aromatic rings. The molecule has 0 amide bonds. The standard InChI is InChI=1S/C9H3Cl3OS/c10-4-1-2-6-5(3-4)7(11)8(14-6)9(12)13/h1-3H. The third-order valence-electron chi connectivity index (χ3n) is 1.77. The van der Waals surface area contributed by atoms with Gasteiger partial charge in [-0.25, -0.2) is 0 Å². The number of carbonyl (C=O) groups is 1. The predicted octanol–water partition coefficient (Wildman–Crippen LogP) is 4.59. The van der Waals surface area contributed by atoms with E-state index in [1.807, 2.05) is 6.07 Å². The molecular weight excluding hydrogens is 263 g/mol. The van der Waals surface area contributed by atoms with E-state index in [-0.39, 0.29) is 0 Å². The van der Waals surface area contributed by atoms with Crippen molar-refractivity contribution in [3.63, 3.8) is 0 Å². The molecule has 0 N–H and O–H groups in total. The first-order valence-corrected chi connectivity index (χ1v) is 5.62. The van der Waals surface area contributed by atoms with Gasteiger partial charge in [0.1, 0.15) is 4.88 Å². The first-order valence-electron chi connectivity index (χ1n) is 3.67. The molecule has 5 heteroatoms. The van der Waals surface area contributed by atoms with Crippen molar-refractivity contribution < 1.29 is 4.79 Å². The van der Waals surface area contributed by atoms with Crippen molar-refractivity contribution in [1.29, 1.82) is 0 Å². The molecule has 1 nitrogen and oxygen atoms in total. The van der Waals surface area contributed by atoms with Gasteiger partial charge < -0.3 is 0 Å². The minimum Gasteiger partial charge on any atom is -0.275 e. The van der Waals surface area contributed by atoms with Crippen LogP contribution in [-0.4, -0.2) is 5.24 Å². The fraction of sp³-hybridized carbons (Fsp3) is 0. The van der Waals surface area contributed by atoms with Gasteiger partial charge in [0.2, 0.25) is 0 Å². The number of hydrogen-bond acceptors (Lipinski definition) is 2. The van der Waals surface area contributed by atoms with Crippen LogP contribution in [0, 0.1) is 0 Å². The van der Waals surface area contributed by atoms with Crippen LogP contribution in [0.15, 0.2) is 18.2 Å². The predicted molar refractivity (Wildman–Crippen MR) is 62.0 cm³/mol. The second kappa shape index (κ2) is 3.70. The number of thiophene rings is 1. The molecule has 72 valence electrons. The topological polar surface area (TPSA) is 17.1 Å². The first kappa shape index (κ1) is 10.2. The zero-order valence-corrected chi connectivity index (χ0v) is 9.77. The summed E-state index contributed by atoms with van der Waals surface area (Å²) in [6, 6.07) is 5.29. The van der Waals surface area contributed by atoms with E-state index in [0.29, 0.717) is 14.9 Å². The largest absolute Gasteiger partial charge is 0.275 e. The van der Waals surface area contributed by atoms with Gasteiger partial charge in [-0.3, -0.25) is 4.79 Å². The summed E-state index contributed by atoms with van der Waals surface area (Å²) in [4.78, 5) is 11.3. The molecule has 14 heavy (non-hydrogen) atoms. The summed E-state index contributed by atoms with van der Waals surface area (Å²) in [6.45, 7) is 0. The van der Waals surface area contributed by atoms with Crippen molar-refractivity contribution in [2.24, 2.45) is 0 Å². The van der Waals surface area contributed by atoms with Crippen LogP contribution < -0.4 is 0 Å². The lowest BCUT2D eigenvalue weighted by molar-refractivity contribution is 0.108. The average molecular weight is 266 g/mol. The lowest BCUT2D eigenvalue weighted by Gasteiger charge is -1.90. The van der Waals surface area contributed by atoms with Crippen molar-refractivity contribution >= 4 is 61.5 Å². The summed E-state index contributed by atoms with van der Waals surface area (Å²) in [5, 5.41) is 1.21. The van der Waals surface area contributed by atoms with E-state index >= 15 is 0 Å². The minimum atomic E-state index is -0.535. The SMILES string of the molecule is O=C(Cl)c1sc2ccc(Cl)cc2c1Cl. The smallest absolute Gasteiger partial charge is 0.263 e. The molecule has 0 saturated heterocycles. The third-order valence-corrected chi connectivity index (χ3v) is 3.98. The molecule has 0 bridgehead atoms. The van der Waals surface area contributed by atoms with Gasteiger partial charge in [0.25, 0.3) is 5.24 Å². The molecule has 0 saturated carbocycles. The van der Waals surface area contributed by atoms with Crippen LogP contribution in [0.5, 0.6) is 0 Å². The minimum absolute atomic E-state index is 0.366. The zero-order chi connectivity index (χ0) is 10.3. The van der Waals surface area contributed by atoms with Gasteiger partial charge in [-0.2, -0.15) is 0 Å². The highest BCUT2D eigenvalue weighted by atomic mass is 35.5. The van der Waals surface area contributed by atoms with Crippen LogP contribution in [-0.2, 0) is 0 Å². The summed E-state index contributed by atoms with van der Waals surface area (Å²) < 4.78 is 0.906. The van der Waals surface area contributed by atoms with Crippen molar-refractivity contribution in [3.05, 3.63) is 33.1 Å². The highest BCUT2D eigenvalue weighted by Gasteiger charge is 2.15. The molecule has 0 spiro atoms. The molecule has 0 aliphatic rings. The Morgan fingerprint density at radius 2 is 2.00 bits per heavy atom. The summed E-state index contributed by atoms with van der Waals surface area (Å²) in [6.07, 6.45) is 0. The van der Waals surface area contributed by atoms with Crippen LogP contribution in [0.2, 0.25) is 10.0 Å². The van der Waals surface area contributed by atoms with E-state index in [4.69, 9.17) is 34.8 Å². The van der Waals surface area contributed by atoms with Gasteiger partial charge in [0.05, 0.1) is 5.02 Å². The van der Waals surface area contributed by atoms with E-state index in [9.17, 15) is 4.79 Å². The summed E-state index contributed by atoms with van der Waals surface area (Å²) in [5.41, 5.74) is 0. The summed E-state index contributed by atoms with van der Waals surface area (Å²) >= 11 is 18.4. The molecule has 1 heterocycles. The van der Waals surface area contributed by atoms with Crippen molar-refractivity contribution in [1.82, 2.24) is 0 Å². The lowest BCUT2D eigenvalue weighted by atomic mass is 10.2. The number of hydrogen-bond donors (Lipinski definition) is 0. The molecule has 0 aliphatic carbocycles. The number of benzene rings is 1. The highest BCUT2D eigenvalue weighted by molar-refractivity contribution is 7.23. The highest BCUT2D eigenvalue weighted by Crippen LogP contribution is 2.37. The summed E-state index contributed by atoms with van der Waals surface area (Å²) in [5.74, 6) is 0. The molecule has 1 aromatic heterocycles. The molecule has 1 aromatic carbocycles. The van der Waals surface area contributed by atoms with Crippen LogP contribution in [0.1, 0.15) is 9.67 Å². The Labute approximate surface area is 99.2 Å². The van der Waals surface area contributed by atoms with Crippen LogP contribution in [0.4, 0.5) is 0 Å². The Kier molecular flexibility index (Phi) is 2.71.